The summed E-state index contributed by atoms with van der Waals surface area (Å²) in [5, 5.41) is 0. The van der Waals surface area contributed by atoms with Crippen molar-refractivity contribution in [1.29, 1.82) is 0 Å². The molecule has 0 heterocycles. The molecule has 4 atom stereocenters. The summed E-state index contributed by atoms with van der Waals surface area (Å²) in [6.07, 6.45) is 8.14. The largest absolute Gasteiger partial charge is 0.0770 e. The Balaban J connectivity index is 2.09. The highest BCUT2D eigenvalue weighted by Gasteiger charge is 2.55. The lowest BCUT2D eigenvalue weighted by Crippen LogP contribution is -2.29. The molecular weight excluding hydrogens is 120 g/mol. The first-order chi connectivity index (χ1) is 4.93. The normalized spacial score (nSPS) is 58.4. The molecule has 6 bridgehead atoms. The van der Waals surface area contributed by atoms with Crippen LogP contribution in [0.3, 0.4) is 0 Å². The molecule has 0 nitrogen and oxygen atoms in total. The summed E-state index contributed by atoms with van der Waals surface area (Å²) in [7, 11) is 0. The van der Waals surface area contributed by atoms with Crippen molar-refractivity contribution in [2.75, 3.05) is 0 Å². The Bertz CT molecular complexity index is 248. The van der Waals surface area contributed by atoms with E-state index in [1.165, 1.54) is 12.8 Å². The first-order valence-electron chi connectivity index (χ1n) is 4.37. The lowest BCUT2D eigenvalue weighted by atomic mass is 9.65. The Hall–Kier alpha value is -0.520. The van der Waals surface area contributed by atoms with Crippen LogP contribution in [0.5, 0.6) is 0 Å². The van der Waals surface area contributed by atoms with Gasteiger partial charge in [-0.25, -0.2) is 0 Å². The van der Waals surface area contributed by atoms with Gasteiger partial charge < -0.3 is 0 Å². The van der Waals surface area contributed by atoms with Gasteiger partial charge in [-0.3, -0.25) is 0 Å². The monoisotopic (exact) mass is 130 g/mol. The van der Waals surface area contributed by atoms with Gasteiger partial charge in [-0.05, 0) is 47.7 Å². The van der Waals surface area contributed by atoms with Gasteiger partial charge in [0.2, 0.25) is 0 Å². The second-order valence-electron chi connectivity index (χ2n) is 4.26. The maximum absolute atomic E-state index is 2.56. The zero-order chi connectivity index (χ0) is 6.29. The lowest BCUT2D eigenvalue weighted by molar-refractivity contribution is 0.244. The molecule has 0 saturated heterocycles. The zero-order valence-electron chi connectivity index (χ0n) is 5.88. The van der Waals surface area contributed by atoms with Crippen LogP contribution in [0.4, 0.5) is 0 Å². The number of rotatable bonds is 0. The molecule has 4 unspecified atom stereocenters. The molecule has 5 aliphatic rings. The quantitative estimate of drug-likeness (QED) is 0.471. The third-order valence-corrected chi connectivity index (χ3v) is 4.01. The molecule has 0 aromatic carbocycles. The molecule has 2 saturated carbocycles. The highest BCUT2D eigenvalue weighted by molar-refractivity contribution is 5.55. The van der Waals surface area contributed by atoms with Crippen molar-refractivity contribution in [3.63, 3.8) is 0 Å². The molecule has 0 aliphatic heterocycles. The molecule has 10 heavy (non-hydrogen) atoms. The predicted molar refractivity (Wildman–Crippen MR) is 39.4 cm³/mol. The molecule has 0 amide bonds. The summed E-state index contributed by atoms with van der Waals surface area (Å²) < 4.78 is 0. The van der Waals surface area contributed by atoms with Crippen LogP contribution in [0.15, 0.2) is 23.3 Å². The van der Waals surface area contributed by atoms with Crippen LogP contribution in [0, 0.1) is 23.7 Å². The average Bonchev–Trinajstić information content (AvgIpc) is 2.28. The number of hydrogen-bond acceptors (Lipinski definition) is 0. The molecule has 0 spiro atoms. The fourth-order valence-electron chi connectivity index (χ4n) is 3.57. The minimum atomic E-state index is 0.975. The summed E-state index contributed by atoms with van der Waals surface area (Å²) in [6.45, 7) is 0. The van der Waals surface area contributed by atoms with Crippen molar-refractivity contribution in [3.05, 3.63) is 23.3 Å². The van der Waals surface area contributed by atoms with E-state index in [4.69, 9.17) is 0 Å². The third-order valence-electron chi connectivity index (χ3n) is 4.01. The molecule has 0 radical (unpaired) electrons. The summed E-state index contributed by atoms with van der Waals surface area (Å²) in [5.41, 5.74) is 3.51. The summed E-state index contributed by atoms with van der Waals surface area (Å²) >= 11 is 0. The smallest absolute Gasteiger partial charge is 0.00874 e. The van der Waals surface area contributed by atoms with Crippen LogP contribution in [0.1, 0.15) is 12.8 Å². The van der Waals surface area contributed by atoms with Crippen LogP contribution in [-0.4, -0.2) is 0 Å². The minimum Gasteiger partial charge on any atom is -0.0770 e. The van der Waals surface area contributed by atoms with Gasteiger partial charge in [0.15, 0.2) is 0 Å². The first kappa shape index (κ1) is 4.38. The van der Waals surface area contributed by atoms with Gasteiger partial charge in [-0.1, -0.05) is 12.2 Å². The van der Waals surface area contributed by atoms with Crippen molar-refractivity contribution in [2.24, 2.45) is 23.7 Å². The fraction of sp³-hybridized carbons (Fsp3) is 0.600. The van der Waals surface area contributed by atoms with Gasteiger partial charge in [0.25, 0.3) is 0 Å². The third kappa shape index (κ3) is 0.250. The predicted octanol–water partition coefficient (Wildman–Crippen LogP) is 2.14. The molecule has 5 rings (SSSR count). The maximum atomic E-state index is 2.56. The fourth-order valence-corrected chi connectivity index (χ4v) is 3.57. The Morgan fingerprint density at radius 2 is 1.40 bits per heavy atom. The zero-order valence-corrected chi connectivity index (χ0v) is 5.88. The van der Waals surface area contributed by atoms with Gasteiger partial charge in [-0.15, -0.1) is 0 Å². The van der Waals surface area contributed by atoms with E-state index < -0.39 is 0 Å². The van der Waals surface area contributed by atoms with Gasteiger partial charge in [0, 0.05) is 0 Å². The SMILES string of the molecule is C1=C2C3=CC4CC3C2CC14. The van der Waals surface area contributed by atoms with Crippen LogP contribution in [0.2, 0.25) is 0 Å². The van der Waals surface area contributed by atoms with E-state index in [0.29, 0.717) is 0 Å². The number of hydrogen-bond donors (Lipinski definition) is 0. The Kier molecular flexibility index (Phi) is 0.450. The highest BCUT2D eigenvalue weighted by atomic mass is 14.6. The molecule has 0 N–H and O–H groups in total. The first-order valence-corrected chi connectivity index (χ1v) is 4.37. The van der Waals surface area contributed by atoms with Crippen LogP contribution in [0.25, 0.3) is 0 Å². The van der Waals surface area contributed by atoms with Crippen LogP contribution in [-0.2, 0) is 0 Å². The second kappa shape index (κ2) is 1.03. The van der Waals surface area contributed by atoms with Crippen molar-refractivity contribution in [3.8, 4) is 0 Å². The van der Waals surface area contributed by atoms with E-state index >= 15 is 0 Å². The summed E-state index contributed by atoms with van der Waals surface area (Å²) in [4.78, 5) is 0. The Morgan fingerprint density at radius 3 is 1.90 bits per heavy atom. The molecular formula is C10H10. The van der Waals surface area contributed by atoms with Crippen molar-refractivity contribution in [1.82, 2.24) is 0 Å². The molecule has 2 fully saturated rings. The van der Waals surface area contributed by atoms with Gasteiger partial charge >= 0.3 is 0 Å². The maximum Gasteiger partial charge on any atom is -0.00874 e. The van der Waals surface area contributed by atoms with Gasteiger partial charge in [0.05, 0.1) is 0 Å². The van der Waals surface area contributed by atoms with E-state index in [1.54, 1.807) is 11.1 Å². The lowest BCUT2D eigenvalue weighted by Gasteiger charge is -2.38. The second-order valence-corrected chi connectivity index (χ2v) is 4.26. The summed E-state index contributed by atoms with van der Waals surface area (Å²) in [6, 6.07) is 0. The van der Waals surface area contributed by atoms with E-state index in [-0.39, 0.29) is 0 Å². The van der Waals surface area contributed by atoms with Crippen molar-refractivity contribution < 1.29 is 0 Å². The topological polar surface area (TPSA) is 0 Å². The Labute approximate surface area is 60.6 Å². The molecule has 5 aliphatic carbocycles. The minimum absolute atomic E-state index is 0.975. The highest BCUT2D eigenvalue weighted by Crippen LogP contribution is 2.66. The average molecular weight is 130 g/mol. The van der Waals surface area contributed by atoms with E-state index in [0.717, 1.165) is 23.7 Å². The van der Waals surface area contributed by atoms with E-state index in [1.807, 2.05) is 0 Å². The Morgan fingerprint density at radius 1 is 0.900 bits per heavy atom. The van der Waals surface area contributed by atoms with E-state index in [9.17, 15) is 0 Å². The molecule has 0 heteroatoms. The number of allylic oxidation sites excluding steroid dienone is 4. The van der Waals surface area contributed by atoms with Crippen LogP contribution >= 0.6 is 0 Å². The van der Waals surface area contributed by atoms with Crippen molar-refractivity contribution >= 4 is 0 Å². The molecule has 50 valence electrons. The van der Waals surface area contributed by atoms with E-state index in [2.05, 4.69) is 12.2 Å². The van der Waals surface area contributed by atoms with Crippen molar-refractivity contribution in [2.45, 2.75) is 12.8 Å². The van der Waals surface area contributed by atoms with Gasteiger partial charge in [-0.2, -0.15) is 0 Å². The summed E-state index contributed by atoms with van der Waals surface area (Å²) in [5.74, 6) is 4.02. The standard InChI is InChI=1S/C10H10/c1-5-2-8-7(1)9-3-6(5)4-10(8)9/h1,3,5-6,8,10H,2,4H2. The van der Waals surface area contributed by atoms with Gasteiger partial charge in [0.1, 0.15) is 0 Å². The molecule has 0 aromatic rings. The van der Waals surface area contributed by atoms with Crippen LogP contribution < -0.4 is 0 Å². The molecule has 0 aromatic heterocycles.